The average molecular weight is 416 g/mol. The fraction of sp³-hybridized carbons (Fsp3) is 0.591. The van der Waals surface area contributed by atoms with E-state index in [1.165, 1.54) is 11.1 Å². The number of carbonyl (C=O) groups is 2. The Labute approximate surface area is 175 Å². The minimum atomic E-state index is -0.186. The summed E-state index contributed by atoms with van der Waals surface area (Å²) in [6, 6.07) is 8.43. The molecular weight excluding hydrogens is 386 g/mol. The lowest BCUT2D eigenvalue weighted by molar-refractivity contribution is -0.151. The highest BCUT2D eigenvalue weighted by Crippen LogP contribution is 2.35. The van der Waals surface area contributed by atoms with Gasteiger partial charge in [-0.3, -0.25) is 14.5 Å². The number of piperidine rings is 2. The molecule has 6 nitrogen and oxygen atoms in total. The molecule has 0 spiro atoms. The molecule has 2 aliphatic rings. The lowest BCUT2D eigenvalue weighted by atomic mass is 9.98. The van der Waals surface area contributed by atoms with Crippen LogP contribution < -0.4 is 0 Å². The van der Waals surface area contributed by atoms with Gasteiger partial charge in [0.15, 0.2) is 0 Å². The molecule has 0 N–H and O–H groups in total. The predicted octanol–water partition coefficient (Wildman–Crippen LogP) is 3.63. The van der Waals surface area contributed by atoms with Gasteiger partial charge in [-0.1, -0.05) is 18.6 Å². The zero-order chi connectivity index (χ0) is 20.2. The third-order valence-electron chi connectivity index (χ3n) is 5.94. The second-order valence-corrected chi connectivity index (χ2v) is 9.00. The first-order valence-corrected chi connectivity index (χ1v) is 11.5. The Balaban J connectivity index is 1.43. The number of benzene rings is 1. The van der Waals surface area contributed by atoms with Crippen LogP contribution in [0, 0.1) is 5.92 Å². The number of thiazole rings is 1. The summed E-state index contributed by atoms with van der Waals surface area (Å²) in [6.45, 7) is 4.74. The van der Waals surface area contributed by atoms with Crippen LogP contribution in [0.3, 0.4) is 0 Å². The topological polar surface area (TPSA) is 62.7 Å². The van der Waals surface area contributed by atoms with Gasteiger partial charge in [-0.15, -0.1) is 11.3 Å². The maximum atomic E-state index is 13.1. The highest BCUT2D eigenvalue weighted by atomic mass is 32.1. The summed E-state index contributed by atoms with van der Waals surface area (Å²) in [5.74, 6) is -0.239. The van der Waals surface area contributed by atoms with Gasteiger partial charge in [0.1, 0.15) is 5.01 Å². The van der Waals surface area contributed by atoms with Crippen molar-refractivity contribution >= 4 is 33.4 Å². The van der Waals surface area contributed by atoms with Gasteiger partial charge < -0.3 is 9.64 Å². The van der Waals surface area contributed by atoms with Gasteiger partial charge >= 0.3 is 5.97 Å². The van der Waals surface area contributed by atoms with E-state index in [4.69, 9.17) is 9.72 Å². The highest BCUT2D eigenvalue weighted by molar-refractivity contribution is 7.18. The van der Waals surface area contributed by atoms with Crippen LogP contribution in [0.4, 0.5) is 0 Å². The Morgan fingerprint density at radius 1 is 1.17 bits per heavy atom. The fourth-order valence-corrected chi connectivity index (χ4v) is 5.56. The summed E-state index contributed by atoms with van der Waals surface area (Å²) in [7, 11) is 0. The molecule has 2 aromatic rings. The highest BCUT2D eigenvalue weighted by Gasteiger charge is 2.33. The molecule has 29 heavy (non-hydrogen) atoms. The van der Waals surface area contributed by atoms with Crippen molar-refractivity contribution in [2.45, 2.75) is 45.1 Å². The number of likely N-dealkylation sites (tertiary alicyclic amines) is 2. The number of rotatable bonds is 5. The molecule has 0 bridgehead atoms. The average Bonchev–Trinajstić information content (AvgIpc) is 3.18. The van der Waals surface area contributed by atoms with Gasteiger partial charge in [0, 0.05) is 13.1 Å². The van der Waals surface area contributed by atoms with Crippen LogP contribution in [-0.4, -0.2) is 59.4 Å². The van der Waals surface area contributed by atoms with Gasteiger partial charge in [0.2, 0.25) is 5.91 Å². The quantitative estimate of drug-likeness (QED) is 0.698. The second kappa shape index (κ2) is 9.22. The Kier molecular flexibility index (Phi) is 6.45. The summed E-state index contributed by atoms with van der Waals surface area (Å²) in [6.07, 6.45) is 4.98. The number of esters is 1. The third kappa shape index (κ3) is 4.61. The Hall–Kier alpha value is -1.99. The maximum Gasteiger partial charge on any atom is 0.310 e. The molecule has 0 aliphatic carbocycles. The number of carbonyl (C=O) groups excluding carboxylic acids is 2. The Morgan fingerprint density at radius 2 is 2.03 bits per heavy atom. The SMILES string of the molecule is CCOC(=O)C1CCCN(C(=O)CN2CCCCC2c2nc3ccccc3s2)C1. The molecule has 1 aromatic heterocycles. The Bertz CT molecular complexity index is 835. The van der Waals surface area contributed by atoms with Crippen LogP contribution in [0.25, 0.3) is 10.2 Å². The summed E-state index contributed by atoms with van der Waals surface area (Å²) in [5.41, 5.74) is 1.04. The van der Waals surface area contributed by atoms with Crippen molar-refractivity contribution in [2.75, 3.05) is 32.8 Å². The lowest BCUT2D eigenvalue weighted by Crippen LogP contribution is -2.48. The summed E-state index contributed by atoms with van der Waals surface area (Å²) >= 11 is 1.74. The number of para-hydroxylation sites is 1. The standard InChI is InChI=1S/C22H29N3O3S/c1-2-28-22(27)16-8-7-13-25(14-16)20(26)15-24-12-6-5-10-18(24)21-23-17-9-3-4-11-19(17)29-21/h3-4,9,11,16,18H,2,5-8,10,12-15H2,1H3. The molecule has 0 saturated carbocycles. The number of amides is 1. The molecule has 1 amide bonds. The smallest absolute Gasteiger partial charge is 0.310 e. The lowest BCUT2D eigenvalue weighted by Gasteiger charge is -2.37. The van der Waals surface area contributed by atoms with Gasteiger partial charge in [-0.25, -0.2) is 4.98 Å². The first-order chi connectivity index (χ1) is 14.2. The van der Waals surface area contributed by atoms with Gasteiger partial charge in [-0.2, -0.15) is 0 Å². The van der Waals surface area contributed by atoms with E-state index in [1.54, 1.807) is 11.3 Å². The molecule has 2 unspecified atom stereocenters. The van der Waals surface area contributed by atoms with Gasteiger partial charge in [0.25, 0.3) is 0 Å². The number of aromatic nitrogens is 1. The molecular formula is C22H29N3O3S. The van der Waals surface area contributed by atoms with Crippen LogP contribution in [0.15, 0.2) is 24.3 Å². The van der Waals surface area contributed by atoms with Gasteiger partial charge in [-0.05, 0) is 51.3 Å². The van der Waals surface area contributed by atoms with Crippen molar-refractivity contribution < 1.29 is 14.3 Å². The normalized spacial score (nSPS) is 23.3. The summed E-state index contributed by atoms with van der Waals surface area (Å²) in [4.78, 5) is 34.2. The van der Waals surface area contributed by atoms with Crippen molar-refractivity contribution in [1.82, 2.24) is 14.8 Å². The van der Waals surface area contributed by atoms with E-state index in [-0.39, 0.29) is 23.8 Å². The Morgan fingerprint density at radius 3 is 2.86 bits per heavy atom. The first-order valence-electron chi connectivity index (χ1n) is 10.7. The molecule has 156 valence electrons. The summed E-state index contributed by atoms with van der Waals surface area (Å²) in [5, 5.41) is 1.11. The van der Waals surface area contributed by atoms with Crippen LogP contribution >= 0.6 is 11.3 Å². The van der Waals surface area contributed by atoms with Crippen molar-refractivity contribution in [3.8, 4) is 0 Å². The molecule has 4 rings (SSSR count). The van der Waals surface area contributed by atoms with E-state index in [2.05, 4.69) is 17.0 Å². The molecule has 1 aromatic carbocycles. The second-order valence-electron chi connectivity index (χ2n) is 7.93. The molecule has 2 aliphatic heterocycles. The number of hydrogen-bond donors (Lipinski definition) is 0. The van der Waals surface area contributed by atoms with Crippen molar-refractivity contribution in [2.24, 2.45) is 5.92 Å². The molecule has 7 heteroatoms. The largest absolute Gasteiger partial charge is 0.466 e. The molecule has 3 heterocycles. The monoisotopic (exact) mass is 415 g/mol. The van der Waals surface area contributed by atoms with E-state index in [9.17, 15) is 9.59 Å². The fourth-order valence-electron chi connectivity index (χ4n) is 4.42. The molecule has 0 radical (unpaired) electrons. The molecule has 2 fully saturated rings. The van der Waals surface area contributed by atoms with Crippen molar-refractivity contribution in [1.29, 1.82) is 0 Å². The number of ether oxygens (including phenoxy) is 1. The third-order valence-corrected chi connectivity index (χ3v) is 7.08. The predicted molar refractivity (Wildman–Crippen MR) is 114 cm³/mol. The van der Waals surface area contributed by atoms with E-state index in [1.807, 2.05) is 24.0 Å². The van der Waals surface area contributed by atoms with E-state index >= 15 is 0 Å². The molecule has 2 saturated heterocycles. The number of nitrogens with zero attached hydrogens (tertiary/aromatic N) is 3. The minimum absolute atomic E-state index is 0.118. The number of fused-ring (bicyclic) bond motifs is 1. The number of hydrogen-bond acceptors (Lipinski definition) is 6. The van der Waals surface area contributed by atoms with E-state index in [0.717, 1.165) is 49.3 Å². The van der Waals surface area contributed by atoms with Crippen LogP contribution in [0.2, 0.25) is 0 Å². The van der Waals surface area contributed by atoms with Crippen molar-refractivity contribution in [3.63, 3.8) is 0 Å². The van der Waals surface area contributed by atoms with E-state index < -0.39 is 0 Å². The first kappa shape index (κ1) is 20.3. The zero-order valence-electron chi connectivity index (χ0n) is 17.0. The van der Waals surface area contributed by atoms with Crippen LogP contribution in [0.1, 0.15) is 50.1 Å². The molecule has 2 atom stereocenters. The van der Waals surface area contributed by atoms with E-state index in [0.29, 0.717) is 19.7 Å². The van der Waals surface area contributed by atoms with Gasteiger partial charge in [0.05, 0.1) is 35.3 Å². The van der Waals surface area contributed by atoms with Crippen LogP contribution in [-0.2, 0) is 14.3 Å². The maximum absolute atomic E-state index is 13.1. The zero-order valence-corrected chi connectivity index (χ0v) is 17.8. The van der Waals surface area contributed by atoms with Crippen LogP contribution in [0.5, 0.6) is 0 Å². The van der Waals surface area contributed by atoms with Crippen molar-refractivity contribution in [3.05, 3.63) is 29.3 Å². The minimum Gasteiger partial charge on any atom is -0.466 e. The summed E-state index contributed by atoms with van der Waals surface area (Å²) < 4.78 is 6.37.